The Morgan fingerprint density at radius 1 is 1.22 bits per heavy atom. The van der Waals surface area contributed by atoms with Crippen molar-refractivity contribution in [3.8, 4) is 0 Å². The SMILES string of the molecule is CCN(C(=O)COC)[C@@H](c1cccnc1)c1cc(C)cc(C)c1. The minimum Gasteiger partial charge on any atom is -0.375 e. The molecule has 0 N–H and O–H groups in total. The Balaban J connectivity index is 2.53. The third kappa shape index (κ3) is 4.17. The molecule has 0 aliphatic carbocycles. The van der Waals surface area contributed by atoms with E-state index in [0.717, 1.165) is 11.1 Å². The summed E-state index contributed by atoms with van der Waals surface area (Å²) in [6, 6.07) is 10.2. The molecule has 0 aliphatic heterocycles. The predicted octanol–water partition coefficient (Wildman–Crippen LogP) is 3.28. The highest BCUT2D eigenvalue weighted by atomic mass is 16.5. The zero-order valence-corrected chi connectivity index (χ0v) is 14.2. The number of aryl methyl sites for hydroxylation is 2. The van der Waals surface area contributed by atoms with Crippen molar-refractivity contribution in [2.45, 2.75) is 26.8 Å². The number of aromatic nitrogens is 1. The molecule has 0 radical (unpaired) electrons. The summed E-state index contributed by atoms with van der Waals surface area (Å²) < 4.78 is 5.05. The van der Waals surface area contributed by atoms with Gasteiger partial charge in [-0.05, 0) is 38.0 Å². The maximum Gasteiger partial charge on any atom is 0.249 e. The molecule has 0 fully saturated rings. The van der Waals surface area contributed by atoms with E-state index in [2.05, 4.69) is 37.0 Å². The lowest BCUT2D eigenvalue weighted by Gasteiger charge is -2.32. The zero-order valence-electron chi connectivity index (χ0n) is 14.2. The minimum absolute atomic E-state index is 0.0250. The van der Waals surface area contributed by atoms with Crippen molar-refractivity contribution in [2.75, 3.05) is 20.3 Å². The average molecular weight is 312 g/mol. The second-order valence-electron chi connectivity index (χ2n) is 5.72. The minimum atomic E-state index is -0.157. The Kier molecular flexibility index (Phi) is 5.88. The van der Waals surface area contributed by atoms with Gasteiger partial charge in [0.25, 0.3) is 0 Å². The summed E-state index contributed by atoms with van der Waals surface area (Å²) in [7, 11) is 1.54. The van der Waals surface area contributed by atoms with Gasteiger partial charge in [0.05, 0.1) is 6.04 Å². The number of carbonyl (C=O) groups is 1. The fourth-order valence-corrected chi connectivity index (χ4v) is 2.97. The molecule has 1 aromatic carbocycles. The van der Waals surface area contributed by atoms with Crippen LogP contribution >= 0.6 is 0 Å². The van der Waals surface area contributed by atoms with Gasteiger partial charge in [-0.3, -0.25) is 9.78 Å². The number of methoxy groups -OCH3 is 1. The van der Waals surface area contributed by atoms with Crippen LogP contribution in [0.3, 0.4) is 0 Å². The van der Waals surface area contributed by atoms with Crippen molar-refractivity contribution < 1.29 is 9.53 Å². The van der Waals surface area contributed by atoms with Crippen molar-refractivity contribution in [3.05, 3.63) is 65.0 Å². The molecule has 23 heavy (non-hydrogen) atoms. The van der Waals surface area contributed by atoms with E-state index in [1.165, 1.54) is 11.1 Å². The van der Waals surface area contributed by atoms with Crippen molar-refractivity contribution in [2.24, 2.45) is 0 Å². The van der Waals surface area contributed by atoms with Crippen molar-refractivity contribution in [1.29, 1.82) is 0 Å². The van der Waals surface area contributed by atoms with Crippen molar-refractivity contribution >= 4 is 5.91 Å². The van der Waals surface area contributed by atoms with Gasteiger partial charge in [-0.15, -0.1) is 0 Å². The van der Waals surface area contributed by atoms with Gasteiger partial charge in [-0.1, -0.05) is 35.4 Å². The van der Waals surface area contributed by atoms with Gasteiger partial charge in [-0.25, -0.2) is 0 Å². The van der Waals surface area contributed by atoms with E-state index < -0.39 is 0 Å². The summed E-state index contributed by atoms with van der Waals surface area (Å²) >= 11 is 0. The first-order chi connectivity index (χ1) is 11.1. The number of hydrogen-bond acceptors (Lipinski definition) is 3. The van der Waals surface area contributed by atoms with E-state index >= 15 is 0 Å². The summed E-state index contributed by atoms with van der Waals surface area (Å²) in [6.45, 7) is 6.82. The van der Waals surface area contributed by atoms with Crippen molar-refractivity contribution in [1.82, 2.24) is 9.88 Å². The molecule has 0 unspecified atom stereocenters. The van der Waals surface area contributed by atoms with Crippen LogP contribution in [-0.4, -0.2) is 36.1 Å². The van der Waals surface area contributed by atoms with Crippen LogP contribution in [0.1, 0.15) is 35.2 Å². The normalized spacial score (nSPS) is 12.0. The Morgan fingerprint density at radius 2 is 1.91 bits per heavy atom. The van der Waals surface area contributed by atoms with E-state index in [4.69, 9.17) is 4.74 Å². The lowest BCUT2D eigenvalue weighted by molar-refractivity contribution is -0.136. The number of rotatable bonds is 6. The molecule has 0 saturated carbocycles. The number of amides is 1. The number of likely N-dealkylation sites (N-methyl/N-ethyl adjacent to an activating group) is 1. The molecule has 1 heterocycles. The lowest BCUT2D eigenvalue weighted by atomic mass is 9.95. The second-order valence-corrected chi connectivity index (χ2v) is 5.72. The van der Waals surface area contributed by atoms with Crippen molar-refractivity contribution in [3.63, 3.8) is 0 Å². The molecule has 0 bridgehead atoms. The first-order valence-corrected chi connectivity index (χ1v) is 7.83. The highest BCUT2D eigenvalue weighted by Gasteiger charge is 2.26. The van der Waals surface area contributed by atoms with Gasteiger partial charge in [0.15, 0.2) is 0 Å². The fraction of sp³-hybridized carbons (Fsp3) is 0.368. The molecule has 1 aromatic heterocycles. The van der Waals surface area contributed by atoms with Crippen LogP contribution in [0.5, 0.6) is 0 Å². The molecular formula is C19H24N2O2. The molecule has 0 spiro atoms. The molecule has 0 aliphatic rings. The first-order valence-electron chi connectivity index (χ1n) is 7.83. The molecule has 4 nitrogen and oxygen atoms in total. The number of pyridine rings is 1. The highest BCUT2D eigenvalue weighted by Crippen LogP contribution is 2.29. The summed E-state index contributed by atoms with van der Waals surface area (Å²) in [4.78, 5) is 18.6. The molecule has 122 valence electrons. The number of ether oxygens (including phenoxy) is 1. The maximum atomic E-state index is 12.5. The van der Waals surface area contributed by atoms with Crippen LogP contribution in [-0.2, 0) is 9.53 Å². The van der Waals surface area contributed by atoms with Crippen LogP contribution in [0.4, 0.5) is 0 Å². The van der Waals surface area contributed by atoms with Gasteiger partial charge in [-0.2, -0.15) is 0 Å². The third-order valence-electron chi connectivity index (χ3n) is 3.80. The van der Waals surface area contributed by atoms with Gasteiger partial charge in [0.1, 0.15) is 6.61 Å². The van der Waals surface area contributed by atoms with Gasteiger partial charge in [0, 0.05) is 26.0 Å². The average Bonchev–Trinajstić information content (AvgIpc) is 2.52. The van der Waals surface area contributed by atoms with Crippen LogP contribution in [0.25, 0.3) is 0 Å². The summed E-state index contributed by atoms with van der Waals surface area (Å²) in [5.74, 6) is -0.0250. The lowest BCUT2D eigenvalue weighted by Crippen LogP contribution is -2.37. The Labute approximate surface area is 138 Å². The van der Waals surface area contributed by atoms with Gasteiger partial charge in [0.2, 0.25) is 5.91 Å². The zero-order chi connectivity index (χ0) is 16.8. The molecule has 2 aromatic rings. The smallest absolute Gasteiger partial charge is 0.249 e. The van der Waals surface area contributed by atoms with E-state index in [1.807, 2.05) is 30.2 Å². The predicted molar refractivity (Wildman–Crippen MR) is 91.3 cm³/mol. The van der Waals surface area contributed by atoms with Gasteiger partial charge < -0.3 is 9.64 Å². The summed E-state index contributed by atoms with van der Waals surface area (Å²) in [5.41, 5.74) is 4.47. The quantitative estimate of drug-likeness (QED) is 0.822. The van der Waals surface area contributed by atoms with Gasteiger partial charge >= 0.3 is 0 Å². The van der Waals surface area contributed by atoms with E-state index in [0.29, 0.717) is 6.54 Å². The number of nitrogens with zero attached hydrogens (tertiary/aromatic N) is 2. The van der Waals surface area contributed by atoms with Crippen LogP contribution in [0, 0.1) is 13.8 Å². The molecular weight excluding hydrogens is 288 g/mol. The van der Waals surface area contributed by atoms with Crippen LogP contribution < -0.4 is 0 Å². The molecule has 2 rings (SSSR count). The number of hydrogen-bond donors (Lipinski definition) is 0. The highest BCUT2D eigenvalue weighted by molar-refractivity contribution is 5.78. The number of carbonyl (C=O) groups excluding carboxylic acids is 1. The third-order valence-corrected chi connectivity index (χ3v) is 3.80. The second kappa shape index (κ2) is 7.88. The first kappa shape index (κ1) is 17.2. The monoisotopic (exact) mass is 312 g/mol. The van der Waals surface area contributed by atoms with E-state index in [9.17, 15) is 4.79 Å². The van der Waals surface area contributed by atoms with E-state index in [1.54, 1.807) is 13.3 Å². The summed E-state index contributed by atoms with van der Waals surface area (Å²) in [6.07, 6.45) is 3.57. The molecule has 1 amide bonds. The molecule has 1 atom stereocenters. The number of benzene rings is 1. The largest absolute Gasteiger partial charge is 0.375 e. The van der Waals surface area contributed by atoms with Crippen LogP contribution in [0.2, 0.25) is 0 Å². The topological polar surface area (TPSA) is 42.4 Å². The Morgan fingerprint density at radius 3 is 2.43 bits per heavy atom. The Bertz CT molecular complexity index is 635. The summed E-state index contributed by atoms with van der Waals surface area (Å²) in [5, 5.41) is 0. The standard InChI is InChI=1S/C19H24N2O2/c1-5-21(18(22)13-23-4)19(16-7-6-8-20-12-16)17-10-14(2)9-15(3)11-17/h6-12,19H,5,13H2,1-4H3/t19-/m0/s1. The van der Waals surface area contributed by atoms with Crippen LogP contribution in [0.15, 0.2) is 42.7 Å². The Hall–Kier alpha value is -2.20. The van der Waals surface area contributed by atoms with E-state index in [-0.39, 0.29) is 18.6 Å². The molecule has 0 saturated heterocycles. The molecule has 4 heteroatoms. The fourth-order valence-electron chi connectivity index (χ4n) is 2.97. The maximum absolute atomic E-state index is 12.5.